The zero-order valence-corrected chi connectivity index (χ0v) is 16.1. The Kier molecular flexibility index (Phi) is 4.57. The number of carbonyl (C=O) groups excluding carboxylic acids is 2. The van der Waals surface area contributed by atoms with Crippen LogP contribution in [0.3, 0.4) is 0 Å². The van der Waals surface area contributed by atoms with Crippen molar-refractivity contribution >= 4 is 29.2 Å². The summed E-state index contributed by atoms with van der Waals surface area (Å²) in [5.74, 6) is -0.132. The minimum Gasteiger partial charge on any atom is -0.383 e. The van der Waals surface area contributed by atoms with E-state index in [1.54, 1.807) is 19.1 Å². The van der Waals surface area contributed by atoms with E-state index in [-0.39, 0.29) is 11.9 Å². The summed E-state index contributed by atoms with van der Waals surface area (Å²) in [5, 5.41) is 0.651. The molecule has 2 aromatic heterocycles. The van der Waals surface area contributed by atoms with Crippen LogP contribution in [0.2, 0.25) is 5.02 Å². The van der Waals surface area contributed by atoms with Crippen LogP contribution in [0.1, 0.15) is 12.1 Å². The third-order valence-corrected chi connectivity index (χ3v) is 5.66. The van der Waals surface area contributed by atoms with E-state index in [1.165, 1.54) is 4.90 Å². The van der Waals surface area contributed by atoms with Crippen LogP contribution in [0.5, 0.6) is 0 Å². The third kappa shape index (κ3) is 2.97. The van der Waals surface area contributed by atoms with Gasteiger partial charge in [0.05, 0.1) is 17.3 Å². The number of imide groups is 1. The highest BCUT2D eigenvalue weighted by molar-refractivity contribution is 6.30. The standard InChI is InChI=1S/C18H22ClN5O3/c1-21-16(25)18(24(17(21)26)7-8-27-2)5-6-22(12-18)10-14-11-23-9-13(19)3-4-15(23)20-14/h3-4,9,11H,5-8,10,12H2,1-2H3. The molecule has 2 aliphatic heterocycles. The van der Waals surface area contributed by atoms with E-state index in [1.807, 2.05) is 28.9 Å². The molecule has 1 unspecified atom stereocenters. The molecule has 0 bridgehead atoms. The van der Waals surface area contributed by atoms with Crippen LogP contribution < -0.4 is 0 Å². The number of rotatable bonds is 5. The largest absolute Gasteiger partial charge is 0.383 e. The molecule has 1 spiro atoms. The SMILES string of the molecule is COCCN1C(=O)N(C)C(=O)C12CCN(Cc1cn3cc(Cl)ccc3n1)C2. The van der Waals surface area contributed by atoms with E-state index in [4.69, 9.17) is 16.3 Å². The van der Waals surface area contributed by atoms with Gasteiger partial charge >= 0.3 is 6.03 Å². The summed E-state index contributed by atoms with van der Waals surface area (Å²) < 4.78 is 7.03. The first kappa shape index (κ1) is 18.2. The lowest BCUT2D eigenvalue weighted by Crippen LogP contribution is -2.52. The number of halogens is 1. The number of likely N-dealkylation sites (N-methyl/N-ethyl adjacent to an activating group) is 1. The Morgan fingerprint density at radius 2 is 2.11 bits per heavy atom. The van der Waals surface area contributed by atoms with Crippen LogP contribution in [0.25, 0.3) is 5.65 Å². The summed E-state index contributed by atoms with van der Waals surface area (Å²) in [6.07, 6.45) is 4.38. The number of aromatic nitrogens is 2. The van der Waals surface area contributed by atoms with Crippen LogP contribution >= 0.6 is 11.6 Å². The van der Waals surface area contributed by atoms with Crippen molar-refractivity contribution in [2.45, 2.75) is 18.5 Å². The van der Waals surface area contributed by atoms with E-state index in [2.05, 4.69) is 9.88 Å². The summed E-state index contributed by atoms with van der Waals surface area (Å²) in [6.45, 7) is 2.66. The molecule has 4 heterocycles. The molecular formula is C18H22ClN5O3. The molecule has 2 aromatic rings. The van der Waals surface area contributed by atoms with Gasteiger partial charge in [-0.2, -0.15) is 0 Å². The van der Waals surface area contributed by atoms with Crippen molar-refractivity contribution in [2.24, 2.45) is 0 Å². The van der Waals surface area contributed by atoms with Gasteiger partial charge in [0.25, 0.3) is 5.91 Å². The van der Waals surface area contributed by atoms with Gasteiger partial charge in [-0.3, -0.25) is 14.6 Å². The number of amides is 3. The fraction of sp³-hybridized carbons (Fsp3) is 0.500. The maximum absolute atomic E-state index is 12.9. The second kappa shape index (κ2) is 6.78. The number of carbonyl (C=O) groups is 2. The molecule has 2 aliphatic rings. The molecule has 8 nitrogen and oxygen atoms in total. The number of ether oxygens (including phenoxy) is 1. The quantitative estimate of drug-likeness (QED) is 0.722. The van der Waals surface area contributed by atoms with Crippen molar-refractivity contribution in [3.8, 4) is 0 Å². The number of nitrogens with zero attached hydrogens (tertiary/aromatic N) is 5. The number of hydrogen-bond donors (Lipinski definition) is 0. The summed E-state index contributed by atoms with van der Waals surface area (Å²) in [5.41, 5.74) is 0.937. The second-order valence-electron chi connectivity index (χ2n) is 7.13. The van der Waals surface area contributed by atoms with E-state index < -0.39 is 5.54 Å². The summed E-state index contributed by atoms with van der Waals surface area (Å²) >= 11 is 6.03. The van der Waals surface area contributed by atoms with Gasteiger partial charge in [0, 0.05) is 52.7 Å². The third-order valence-electron chi connectivity index (χ3n) is 5.43. The van der Waals surface area contributed by atoms with Crippen molar-refractivity contribution in [1.82, 2.24) is 24.1 Å². The first-order valence-electron chi connectivity index (χ1n) is 8.89. The van der Waals surface area contributed by atoms with Crippen molar-refractivity contribution < 1.29 is 14.3 Å². The predicted octanol–water partition coefficient (Wildman–Crippen LogP) is 1.47. The van der Waals surface area contributed by atoms with E-state index in [0.29, 0.717) is 37.7 Å². The Hall–Kier alpha value is -2.16. The highest BCUT2D eigenvalue weighted by atomic mass is 35.5. The molecule has 0 aromatic carbocycles. The van der Waals surface area contributed by atoms with Crippen molar-refractivity contribution in [2.75, 3.05) is 40.4 Å². The average Bonchev–Trinajstić information content (AvgIpc) is 3.28. The van der Waals surface area contributed by atoms with E-state index in [0.717, 1.165) is 17.9 Å². The molecule has 9 heteroatoms. The Bertz CT molecular complexity index is 900. The zero-order chi connectivity index (χ0) is 19.2. The van der Waals surface area contributed by atoms with Crippen LogP contribution in [0, 0.1) is 0 Å². The molecule has 0 saturated carbocycles. The fourth-order valence-corrected chi connectivity index (χ4v) is 4.26. The van der Waals surface area contributed by atoms with Crippen LogP contribution in [0.4, 0.5) is 4.79 Å². The number of hydrogen-bond acceptors (Lipinski definition) is 5. The molecule has 0 aliphatic carbocycles. The molecule has 144 valence electrons. The number of likely N-dealkylation sites (tertiary alicyclic amines) is 1. The molecular weight excluding hydrogens is 370 g/mol. The monoisotopic (exact) mass is 391 g/mol. The van der Waals surface area contributed by atoms with Crippen molar-refractivity contribution in [1.29, 1.82) is 0 Å². The molecule has 3 amide bonds. The van der Waals surface area contributed by atoms with Gasteiger partial charge in [0.15, 0.2) is 0 Å². The summed E-state index contributed by atoms with van der Waals surface area (Å²) in [7, 11) is 3.14. The van der Waals surface area contributed by atoms with Gasteiger partial charge in [-0.05, 0) is 18.6 Å². The second-order valence-corrected chi connectivity index (χ2v) is 7.56. The van der Waals surface area contributed by atoms with Crippen LogP contribution in [-0.4, -0.2) is 82.0 Å². The zero-order valence-electron chi connectivity index (χ0n) is 15.4. The van der Waals surface area contributed by atoms with Gasteiger partial charge in [0.2, 0.25) is 0 Å². The number of pyridine rings is 1. The van der Waals surface area contributed by atoms with Crippen molar-refractivity contribution in [3.05, 3.63) is 35.2 Å². The lowest BCUT2D eigenvalue weighted by Gasteiger charge is -2.31. The minimum atomic E-state index is -0.799. The van der Waals surface area contributed by atoms with Crippen molar-refractivity contribution in [3.63, 3.8) is 0 Å². The highest BCUT2D eigenvalue weighted by Crippen LogP contribution is 2.36. The Balaban J connectivity index is 1.53. The fourth-order valence-electron chi connectivity index (χ4n) is 4.09. The summed E-state index contributed by atoms with van der Waals surface area (Å²) in [4.78, 5) is 35.1. The highest BCUT2D eigenvalue weighted by Gasteiger charge is 2.58. The topological polar surface area (TPSA) is 70.4 Å². The van der Waals surface area contributed by atoms with E-state index >= 15 is 0 Å². The Morgan fingerprint density at radius 3 is 2.89 bits per heavy atom. The number of imidazole rings is 1. The smallest absolute Gasteiger partial charge is 0.327 e. The molecule has 1 atom stereocenters. The van der Waals surface area contributed by atoms with Gasteiger partial charge < -0.3 is 14.0 Å². The van der Waals surface area contributed by atoms with Crippen LogP contribution in [-0.2, 0) is 16.1 Å². The molecule has 0 N–H and O–H groups in total. The molecule has 2 fully saturated rings. The van der Waals surface area contributed by atoms with Gasteiger partial charge in [-0.1, -0.05) is 11.6 Å². The summed E-state index contributed by atoms with van der Waals surface area (Å²) in [6, 6.07) is 3.43. The average molecular weight is 392 g/mol. The number of urea groups is 1. The molecule has 27 heavy (non-hydrogen) atoms. The minimum absolute atomic E-state index is 0.132. The van der Waals surface area contributed by atoms with Crippen LogP contribution in [0.15, 0.2) is 24.5 Å². The first-order valence-corrected chi connectivity index (χ1v) is 9.26. The Morgan fingerprint density at radius 1 is 1.30 bits per heavy atom. The lowest BCUT2D eigenvalue weighted by molar-refractivity contribution is -0.132. The maximum Gasteiger partial charge on any atom is 0.327 e. The van der Waals surface area contributed by atoms with Gasteiger partial charge in [0.1, 0.15) is 11.2 Å². The van der Waals surface area contributed by atoms with E-state index in [9.17, 15) is 9.59 Å². The molecule has 0 radical (unpaired) electrons. The van der Waals surface area contributed by atoms with Gasteiger partial charge in [-0.25, -0.2) is 9.78 Å². The maximum atomic E-state index is 12.9. The van der Waals surface area contributed by atoms with Gasteiger partial charge in [-0.15, -0.1) is 0 Å². The molecule has 4 rings (SSSR count). The number of methoxy groups -OCH3 is 1. The first-order chi connectivity index (χ1) is 12.9. The Labute approximate surface area is 162 Å². The number of fused-ring (bicyclic) bond motifs is 1. The predicted molar refractivity (Wildman–Crippen MR) is 99.6 cm³/mol. The lowest BCUT2D eigenvalue weighted by atomic mass is 9.97. The normalized spacial score (nSPS) is 23.5. The molecule has 2 saturated heterocycles.